The lowest BCUT2D eigenvalue weighted by atomic mass is 9.97. The Morgan fingerprint density at radius 3 is 2.69 bits per heavy atom. The number of hydrogen-bond acceptors (Lipinski definition) is 10. The molecular formula is C20H27N4O10P. The molecule has 0 amide bonds. The second kappa shape index (κ2) is 10.9. The van der Waals surface area contributed by atoms with Gasteiger partial charge in [0, 0.05) is 24.2 Å². The lowest BCUT2D eigenvalue weighted by Crippen LogP contribution is -2.29. The number of nitro benzene ring substituents is 1. The SMILES string of the molecule is CC(C)[C@H](OCc1cn([C@H]2C[C@H](O)[C@@H](COP(=O)(O)O)O2)c(=O)nc1N)c1ccccc1[N+](=O)[O-]. The zero-order valence-electron chi connectivity index (χ0n) is 19.0. The van der Waals surface area contributed by atoms with Crippen LogP contribution in [0.25, 0.3) is 0 Å². The fraction of sp³-hybridized carbons (Fsp3) is 0.500. The summed E-state index contributed by atoms with van der Waals surface area (Å²) in [5.74, 6) is -0.240. The number of ether oxygens (including phenoxy) is 2. The van der Waals surface area contributed by atoms with Crippen molar-refractivity contribution >= 4 is 19.3 Å². The van der Waals surface area contributed by atoms with Crippen LogP contribution in [0.1, 0.15) is 43.7 Å². The normalized spacial score (nSPS) is 21.4. The summed E-state index contributed by atoms with van der Waals surface area (Å²) in [5.41, 5.74) is 5.76. The number of aromatic nitrogens is 2. The van der Waals surface area contributed by atoms with E-state index in [4.69, 9.17) is 25.0 Å². The molecule has 1 aliphatic heterocycles. The molecule has 1 fully saturated rings. The predicted octanol–water partition coefficient (Wildman–Crippen LogP) is 1.41. The monoisotopic (exact) mass is 514 g/mol. The largest absolute Gasteiger partial charge is 0.469 e. The summed E-state index contributed by atoms with van der Waals surface area (Å²) in [6, 6.07) is 6.23. The molecule has 1 saturated heterocycles. The molecule has 0 spiro atoms. The topological polar surface area (TPSA) is 210 Å². The molecular weight excluding hydrogens is 487 g/mol. The van der Waals surface area contributed by atoms with Crippen LogP contribution >= 0.6 is 7.82 Å². The summed E-state index contributed by atoms with van der Waals surface area (Å²) in [4.78, 5) is 44.9. The third kappa shape index (κ3) is 6.70. The van der Waals surface area contributed by atoms with Gasteiger partial charge in [0.05, 0.1) is 35.9 Å². The van der Waals surface area contributed by atoms with Crippen molar-refractivity contribution in [3.63, 3.8) is 0 Å². The Morgan fingerprint density at radius 1 is 1.37 bits per heavy atom. The van der Waals surface area contributed by atoms with E-state index >= 15 is 0 Å². The number of aliphatic hydroxyl groups is 1. The number of hydrogen-bond donors (Lipinski definition) is 4. The zero-order valence-corrected chi connectivity index (χ0v) is 19.9. The fourth-order valence-electron chi connectivity index (χ4n) is 3.76. The van der Waals surface area contributed by atoms with E-state index < -0.39 is 49.6 Å². The Morgan fingerprint density at radius 2 is 2.06 bits per heavy atom. The molecule has 0 saturated carbocycles. The average molecular weight is 514 g/mol. The van der Waals surface area contributed by atoms with Crippen LogP contribution in [-0.4, -0.2) is 48.2 Å². The van der Waals surface area contributed by atoms with Gasteiger partial charge in [0.2, 0.25) is 0 Å². The minimum atomic E-state index is -4.77. The summed E-state index contributed by atoms with van der Waals surface area (Å²) < 4.78 is 27.9. The van der Waals surface area contributed by atoms with Gasteiger partial charge in [-0.05, 0) is 12.0 Å². The maximum atomic E-state index is 12.4. The molecule has 14 nitrogen and oxygen atoms in total. The lowest BCUT2D eigenvalue weighted by molar-refractivity contribution is -0.386. The number of para-hydroxylation sites is 1. The number of nitrogens with two attached hydrogens (primary N) is 1. The smallest absolute Gasteiger partial charge is 0.390 e. The number of phosphoric acid groups is 1. The van der Waals surface area contributed by atoms with Crippen molar-refractivity contribution in [2.45, 2.75) is 51.4 Å². The van der Waals surface area contributed by atoms with Crippen LogP contribution in [0.5, 0.6) is 0 Å². The minimum Gasteiger partial charge on any atom is -0.390 e. The molecule has 192 valence electrons. The second-order valence-electron chi connectivity index (χ2n) is 8.35. The Hall–Kier alpha value is -2.71. The highest BCUT2D eigenvalue weighted by Crippen LogP contribution is 2.38. The predicted molar refractivity (Wildman–Crippen MR) is 121 cm³/mol. The van der Waals surface area contributed by atoms with Crippen molar-refractivity contribution in [3.8, 4) is 0 Å². The lowest BCUT2D eigenvalue weighted by Gasteiger charge is -2.23. The van der Waals surface area contributed by atoms with E-state index in [0.717, 1.165) is 4.57 Å². The van der Waals surface area contributed by atoms with Gasteiger partial charge in [0.25, 0.3) is 5.69 Å². The number of phosphoric ester groups is 1. The third-order valence-electron chi connectivity index (χ3n) is 5.45. The molecule has 0 aliphatic carbocycles. The van der Waals surface area contributed by atoms with E-state index in [1.54, 1.807) is 18.2 Å². The van der Waals surface area contributed by atoms with E-state index in [9.17, 15) is 24.6 Å². The van der Waals surface area contributed by atoms with E-state index in [1.807, 2.05) is 13.8 Å². The van der Waals surface area contributed by atoms with Gasteiger partial charge in [-0.15, -0.1) is 0 Å². The van der Waals surface area contributed by atoms with Crippen molar-refractivity contribution in [2.75, 3.05) is 12.3 Å². The van der Waals surface area contributed by atoms with Gasteiger partial charge in [-0.3, -0.25) is 19.2 Å². The summed E-state index contributed by atoms with van der Waals surface area (Å²) in [6.07, 6.45) is -2.60. The van der Waals surface area contributed by atoms with Crippen molar-refractivity contribution in [1.29, 1.82) is 0 Å². The van der Waals surface area contributed by atoms with Crippen LogP contribution in [0.2, 0.25) is 0 Å². The molecule has 2 heterocycles. The van der Waals surface area contributed by atoms with Crippen LogP contribution in [0.4, 0.5) is 11.5 Å². The third-order valence-corrected chi connectivity index (χ3v) is 5.93. The highest BCUT2D eigenvalue weighted by Gasteiger charge is 2.37. The minimum absolute atomic E-state index is 0.0637. The number of nitro groups is 1. The molecule has 15 heteroatoms. The molecule has 0 unspecified atom stereocenters. The number of benzene rings is 1. The van der Waals surface area contributed by atoms with E-state index in [0.29, 0.717) is 11.1 Å². The first-order valence-electron chi connectivity index (χ1n) is 10.6. The van der Waals surface area contributed by atoms with Gasteiger partial charge in [-0.25, -0.2) is 9.36 Å². The van der Waals surface area contributed by atoms with Crippen LogP contribution < -0.4 is 11.4 Å². The molecule has 5 N–H and O–H groups in total. The number of nitrogens with zero attached hydrogens (tertiary/aromatic N) is 3. The number of aliphatic hydroxyl groups excluding tert-OH is 1. The van der Waals surface area contributed by atoms with Crippen molar-refractivity contribution in [1.82, 2.24) is 9.55 Å². The van der Waals surface area contributed by atoms with Crippen molar-refractivity contribution in [2.24, 2.45) is 5.92 Å². The Bertz CT molecular complexity index is 1170. The maximum absolute atomic E-state index is 12.4. The average Bonchev–Trinajstić information content (AvgIpc) is 3.13. The summed E-state index contributed by atoms with van der Waals surface area (Å²) in [7, 11) is -4.77. The molecule has 4 atom stereocenters. The first kappa shape index (κ1) is 26.9. The van der Waals surface area contributed by atoms with Gasteiger partial charge < -0.3 is 30.1 Å². The van der Waals surface area contributed by atoms with Crippen LogP contribution in [0.3, 0.4) is 0 Å². The zero-order chi connectivity index (χ0) is 25.9. The first-order valence-corrected chi connectivity index (χ1v) is 12.2. The molecule has 0 bridgehead atoms. The van der Waals surface area contributed by atoms with Crippen LogP contribution in [0, 0.1) is 16.0 Å². The van der Waals surface area contributed by atoms with E-state index in [2.05, 4.69) is 9.51 Å². The Balaban J connectivity index is 1.80. The highest BCUT2D eigenvalue weighted by atomic mass is 31.2. The maximum Gasteiger partial charge on any atom is 0.469 e. The summed E-state index contributed by atoms with van der Waals surface area (Å²) in [6.45, 7) is 2.98. The molecule has 1 aliphatic rings. The molecule has 35 heavy (non-hydrogen) atoms. The number of rotatable bonds is 10. The Labute approximate surface area is 199 Å². The van der Waals surface area contributed by atoms with Crippen LogP contribution in [0.15, 0.2) is 35.3 Å². The number of nitrogen functional groups attached to an aromatic ring is 1. The van der Waals surface area contributed by atoms with Gasteiger partial charge in [-0.1, -0.05) is 26.0 Å². The summed E-state index contributed by atoms with van der Waals surface area (Å²) >= 11 is 0. The van der Waals surface area contributed by atoms with Crippen LogP contribution in [-0.2, 0) is 25.2 Å². The molecule has 1 aromatic heterocycles. The number of anilines is 1. The van der Waals surface area contributed by atoms with Gasteiger partial charge >= 0.3 is 13.5 Å². The highest BCUT2D eigenvalue weighted by molar-refractivity contribution is 7.46. The molecule has 1 aromatic carbocycles. The Kier molecular flexibility index (Phi) is 8.38. The summed E-state index contributed by atoms with van der Waals surface area (Å²) in [5, 5.41) is 21.6. The van der Waals surface area contributed by atoms with E-state index in [-0.39, 0.29) is 30.5 Å². The van der Waals surface area contributed by atoms with Gasteiger partial charge in [0.1, 0.15) is 18.1 Å². The van der Waals surface area contributed by atoms with Gasteiger partial charge in [0.15, 0.2) is 0 Å². The first-order chi connectivity index (χ1) is 16.4. The molecule has 2 aromatic rings. The van der Waals surface area contributed by atoms with Gasteiger partial charge in [-0.2, -0.15) is 4.98 Å². The van der Waals surface area contributed by atoms with E-state index in [1.165, 1.54) is 12.3 Å². The quantitative estimate of drug-likeness (QED) is 0.201. The molecule has 0 radical (unpaired) electrons. The fourth-order valence-corrected chi connectivity index (χ4v) is 4.10. The molecule has 3 rings (SSSR count). The van der Waals surface area contributed by atoms with Crippen molar-refractivity contribution < 1.29 is 38.4 Å². The standard InChI is InChI=1S/C20H27N4O10P/c1-11(2)18(13-5-3-4-6-14(13)24(27)28)32-9-12-8-23(20(26)22-19(12)21)17-7-15(25)16(34-17)10-33-35(29,30)31/h3-6,8,11,15-18,25H,7,9-10H2,1-2H3,(H2,21,22,26)(H2,29,30,31)/t15-,16+,17+,18-/m0/s1. The van der Waals surface area contributed by atoms with Crippen molar-refractivity contribution in [3.05, 3.63) is 62.2 Å². The second-order valence-corrected chi connectivity index (χ2v) is 9.59.